The molecule has 4 rings (SSSR count). The van der Waals surface area contributed by atoms with Crippen LogP contribution in [0.1, 0.15) is 56.7 Å². The molecule has 4 heterocycles. The number of thiophene rings is 1. The van der Waals surface area contributed by atoms with Gasteiger partial charge < -0.3 is 10.4 Å². The Morgan fingerprint density at radius 3 is 2.68 bits per heavy atom. The fourth-order valence-electron chi connectivity index (χ4n) is 3.46. The van der Waals surface area contributed by atoms with Gasteiger partial charge in [-0.2, -0.15) is 9.61 Å². The number of nitrogens with zero attached hydrogens (tertiary/aromatic N) is 4. The molecule has 0 saturated carbocycles. The predicted molar refractivity (Wildman–Crippen MR) is 143 cm³/mol. The number of fused-ring (bicyclic) bond motifs is 1. The van der Waals surface area contributed by atoms with Crippen LogP contribution >= 0.6 is 27.3 Å². The topological polar surface area (TPSA) is 92.4 Å². The van der Waals surface area contributed by atoms with E-state index in [2.05, 4.69) is 57.3 Å². The molecule has 0 aliphatic rings. The highest BCUT2D eigenvalue weighted by Gasteiger charge is 2.16. The van der Waals surface area contributed by atoms with Crippen LogP contribution in [0.5, 0.6) is 5.06 Å². The summed E-state index contributed by atoms with van der Waals surface area (Å²) in [4.78, 5) is 9.05. The molecular formula is C24H30BrN5O2S2. The van der Waals surface area contributed by atoms with Crippen LogP contribution in [0.3, 0.4) is 0 Å². The molecule has 0 saturated heterocycles. The Hall–Kier alpha value is -2.30. The van der Waals surface area contributed by atoms with Crippen LogP contribution in [0.15, 0.2) is 57.6 Å². The van der Waals surface area contributed by atoms with Gasteiger partial charge in [-0.15, -0.1) is 0 Å². The molecule has 4 aromatic heterocycles. The molecule has 0 bridgehead atoms. The molecule has 2 N–H and O–H groups in total. The molecule has 0 aliphatic carbocycles. The van der Waals surface area contributed by atoms with Gasteiger partial charge >= 0.3 is 0 Å². The molecule has 4 aromatic rings. The molecule has 10 heteroatoms. The van der Waals surface area contributed by atoms with E-state index in [0.29, 0.717) is 16.7 Å². The molecule has 2 unspecified atom stereocenters. The minimum atomic E-state index is -0.950. The highest BCUT2D eigenvalue weighted by Crippen LogP contribution is 2.29. The molecule has 0 spiro atoms. The normalized spacial score (nSPS) is 12.7. The summed E-state index contributed by atoms with van der Waals surface area (Å²) < 4.78 is 14.2. The van der Waals surface area contributed by atoms with Gasteiger partial charge in [0, 0.05) is 42.9 Å². The fraction of sp³-hybridized carbons (Fsp3) is 0.375. The first-order valence-corrected chi connectivity index (χ1v) is 14.4. The largest absolute Gasteiger partial charge is 0.499 e. The van der Waals surface area contributed by atoms with Gasteiger partial charge in [0.15, 0.2) is 10.7 Å². The van der Waals surface area contributed by atoms with Crippen molar-refractivity contribution in [1.29, 1.82) is 0 Å². The summed E-state index contributed by atoms with van der Waals surface area (Å²) in [7, 11) is -0.950. The van der Waals surface area contributed by atoms with E-state index >= 15 is 0 Å². The summed E-state index contributed by atoms with van der Waals surface area (Å²) in [6, 6.07) is 9.37. The lowest BCUT2D eigenvalue weighted by Crippen LogP contribution is -2.10. The molecular weight excluding hydrogens is 534 g/mol. The van der Waals surface area contributed by atoms with Crippen molar-refractivity contribution in [2.75, 3.05) is 11.6 Å². The number of pyridine rings is 1. The van der Waals surface area contributed by atoms with Crippen LogP contribution in [0.25, 0.3) is 5.65 Å². The van der Waals surface area contributed by atoms with Crippen LogP contribution < -0.4 is 5.32 Å². The number of hydrogen-bond acceptors (Lipinski definition) is 7. The number of aromatic hydroxyl groups is 1. The minimum absolute atomic E-state index is 0.222. The maximum atomic E-state index is 10.7. The van der Waals surface area contributed by atoms with Crippen molar-refractivity contribution in [3.8, 4) is 5.06 Å². The first-order chi connectivity index (χ1) is 16.4. The highest BCUT2D eigenvalue weighted by atomic mass is 79.9. The summed E-state index contributed by atoms with van der Waals surface area (Å²) in [6.07, 6.45) is 11.8. The zero-order chi connectivity index (χ0) is 24.5. The summed E-state index contributed by atoms with van der Waals surface area (Å²) >= 11 is 4.72. The number of hydrogen-bond donors (Lipinski definition) is 2. The average Bonchev–Trinajstić information content (AvgIpc) is 3.45. The number of nitrogens with one attached hydrogen (secondary N) is 1. The lowest BCUT2D eigenvalue weighted by Gasteiger charge is -2.17. The van der Waals surface area contributed by atoms with E-state index in [9.17, 15) is 4.21 Å². The molecule has 0 aliphatic heterocycles. The van der Waals surface area contributed by atoms with Gasteiger partial charge in [-0.25, -0.2) is 4.98 Å². The number of unbranched alkanes of at least 4 members (excludes halogenated alkanes) is 1. The number of rotatable bonds is 9. The van der Waals surface area contributed by atoms with Crippen molar-refractivity contribution in [2.24, 2.45) is 0 Å². The van der Waals surface area contributed by atoms with E-state index in [1.54, 1.807) is 30.8 Å². The zero-order valence-electron chi connectivity index (χ0n) is 19.6. The smallest absolute Gasteiger partial charge is 0.172 e. The van der Waals surface area contributed by atoms with Gasteiger partial charge in [-0.05, 0) is 52.5 Å². The number of anilines is 1. The van der Waals surface area contributed by atoms with E-state index in [-0.39, 0.29) is 5.06 Å². The minimum Gasteiger partial charge on any atom is -0.499 e. The van der Waals surface area contributed by atoms with E-state index in [4.69, 9.17) is 10.1 Å². The monoisotopic (exact) mass is 563 g/mol. The molecule has 34 heavy (non-hydrogen) atoms. The van der Waals surface area contributed by atoms with Crippen molar-refractivity contribution < 1.29 is 9.32 Å². The Balaban J connectivity index is 0.000000302. The maximum absolute atomic E-state index is 10.7. The molecule has 0 fully saturated rings. The first-order valence-electron chi connectivity index (χ1n) is 11.2. The molecule has 2 atom stereocenters. The Morgan fingerprint density at radius 1 is 1.26 bits per heavy atom. The molecule has 0 radical (unpaired) electrons. The SMILES string of the molecule is CCCCC(CC)c1cc(NCc2cccnc2)n2ncc(Br)c2n1.CS(=O)c1ccc(O)s1. The van der Waals surface area contributed by atoms with Crippen LogP contribution in [-0.2, 0) is 17.3 Å². The Morgan fingerprint density at radius 2 is 2.09 bits per heavy atom. The standard InChI is InChI=1S/C19H24BrN5.C5H6O2S2/c1-3-5-8-15(4-2)17-10-18(22-12-14-7-6-9-21-11-14)25-19(24-17)16(20)13-23-25;1-9(7)5-3-2-4(6)8-5/h6-7,9-11,13,15,22H,3-5,8,12H2,1-2H3;2-3,6H,1H3. The second-order valence-electron chi connectivity index (χ2n) is 7.80. The van der Waals surface area contributed by atoms with E-state index in [0.717, 1.165) is 45.0 Å². The maximum Gasteiger partial charge on any atom is 0.172 e. The van der Waals surface area contributed by atoms with Crippen molar-refractivity contribution in [1.82, 2.24) is 19.6 Å². The fourth-order valence-corrected chi connectivity index (χ4v) is 5.27. The highest BCUT2D eigenvalue weighted by molar-refractivity contribution is 9.10. The van der Waals surface area contributed by atoms with E-state index in [1.165, 1.54) is 19.3 Å². The summed E-state index contributed by atoms with van der Waals surface area (Å²) in [5.41, 5.74) is 3.14. The first kappa shape index (κ1) is 26.3. The van der Waals surface area contributed by atoms with Crippen molar-refractivity contribution in [2.45, 2.75) is 56.2 Å². The predicted octanol–water partition coefficient (Wildman–Crippen LogP) is 6.37. The van der Waals surface area contributed by atoms with Crippen LogP contribution in [-0.4, -0.2) is 35.2 Å². The average molecular weight is 565 g/mol. The molecule has 182 valence electrons. The summed E-state index contributed by atoms with van der Waals surface area (Å²) in [5, 5.41) is 16.9. The van der Waals surface area contributed by atoms with Gasteiger partial charge in [0.25, 0.3) is 0 Å². The van der Waals surface area contributed by atoms with Gasteiger partial charge in [0.2, 0.25) is 0 Å². The molecule has 7 nitrogen and oxygen atoms in total. The zero-order valence-corrected chi connectivity index (χ0v) is 22.8. The number of aromatic nitrogens is 4. The van der Waals surface area contributed by atoms with Gasteiger partial charge in [-0.1, -0.05) is 44.1 Å². The molecule has 0 aromatic carbocycles. The van der Waals surface area contributed by atoms with Crippen LogP contribution in [0.2, 0.25) is 0 Å². The summed E-state index contributed by atoms with van der Waals surface area (Å²) in [6.45, 7) is 5.17. The quantitative estimate of drug-likeness (QED) is 0.245. The Kier molecular flexibility index (Phi) is 10.0. The van der Waals surface area contributed by atoms with Crippen molar-refractivity contribution in [3.05, 3.63) is 64.7 Å². The Bertz CT molecular complexity index is 1210. The third-order valence-corrected chi connectivity index (χ3v) is 8.21. The van der Waals surface area contributed by atoms with Gasteiger partial charge in [0.05, 0.1) is 25.7 Å². The lowest BCUT2D eigenvalue weighted by molar-refractivity contribution is 0.491. The van der Waals surface area contributed by atoms with E-state index < -0.39 is 10.8 Å². The van der Waals surface area contributed by atoms with Crippen LogP contribution in [0, 0.1) is 0 Å². The second-order valence-corrected chi connectivity index (χ2v) is 11.3. The second kappa shape index (κ2) is 13.0. The molecule has 0 amide bonds. The third-order valence-electron chi connectivity index (χ3n) is 5.31. The van der Waals surface area contributed by atoms with Crippen molar-refractivity contribution in [3.63, 3.8) is 0 Å². The van der Waals surface area contributed by atoms with Crippen molar-refractivity contribution >= 4 is 49.5 Å². The van der Waals surface area contributed by atoms with Gasteiger partial charge in [0.1, 0.15) is 5.82 Å². The van der Waals surface area contributed by atoms with E-state index in [1.807, 2.05) is 16.8 Å². The van der Waals surface area contributed by atoms with Gasteiger partial charge in [-0.3, -0.25) is 9.19 Å². The Labute approximate surface area is 215 Å². The third kappa shape index (κ3) is 7.10. The summed E-state index contributed by atoms with van der Waals surface area (Å²) in [5.74, 6) is 1.44. The number of halogens is 1. The lowest BCUT2D eigenvalue weighted by atomic mass is 9.95. The van der Waals surface area contributed by atoms with Crippen LogP contribution in [0.4, 0.5) is 5.82 Å².